The molecule has 7 rings (SSSR count). The van der Waals surface area contributed by atoms with Gasteiger partial charge in [-0.15, -0.1) is 0 Å². The van der Waals surface area contributed by atoms with E-state index in [-0.39, 0.29) is 55.4 Å². The summed E-state index contributed by atoms with van der Waals surface area (Å²) in [5, 5.41) is 0.527. The van der Waals surface area contributed by atoms with Crippen molar-refractivity contribution in [3.05, 3.63) is 83.0 Å². The number of piperazine rings is 1. The molecule has 2 amide bonds. The summed E-state index contributed by atoms with van der Waals surface area (Å²) in [6.07, 6.45) is 6.73. The molecule has 1 atom stereocenters. The van der Waals surface area contributed by atoms with E-state index in [4.69, 9.17) is 27.9 Å². The Labute approximate surface area is 300 Å². The SMILES string of the molecule is CC1(Cc2ccc(-c3cncnc3)cc2)C(=O)N(c2cc(Cl)cc(Cl)c2)c2ncc(S(=O)(=O)N3CCN(C(=O)CCN4CCOCC4)CC3)n21. The number of rotatable bonds is 9. The van der Waals surface area contributed by atoms with Crippen LogP contribution in [0.15, 0.2) is 72.4 Å². The number of hydrogen-bond acceptors (Lipinski definition) is 9. The van der Waals surface area contributed by atoms with Crippen LogP contribution in [0.5, 0.6) is 0 Å². The second-order valence-electron chi connectivity index (χ2n) is 12.8. The monoisotopic (exact) mass is 738 g/mol. The molecule has 13 nitrogen and oxygen atoms in total. The first kappa shape index (κ1) is 34.5. The standard InChI is InChI=1S/C34H36Cl2N8O5S/c1-34(19-24-2-4-25(5-3-24)26-20-37-23-38-21-26)32(46)43(29-17-27(35)16-28(36)18-29)33-39-22-31(44(33)34)50(47,48)42-10-8-41(9-11-42)30(45)6-7-40-12-14-49-15-13-40/h2-5,16-18,20-23H,6-15,19H2,1H3. The summed E-state index contributed by atoms with van der Waals surface area (Å²) in [6.45, 7) is 6.06. The number of anilines is 2. The van der Waals surface area contributed by atoms with E-state index in [2.05, 4.69) is 19.9 Å². The normalized spacial score (nSPS) is 20.3. The van der Waals surface area contributed by atoms with E-state index >= 15 is 0 Å². The van der Waals surface area contributed by atoms with Gasteiger partial charge in [-0.05, 0) is 36.2 Å². The van der Waals surface area contributed by atoms with E-state index in [9.17, 15) is 18.0 Å². The minimum Gasteiger partial charge on any atom is -0.379 e. The molecule has 2 aromatic heterocycles. The van der Waals surface area contributed by atoms with Crippen LogP contribution in [0.2, 0.25) is 10.0 Å². The fraction of sp³-hybridized carbons (Fsp3) is 0.382. The minimum absolute atomic E-state index is 0.00131. The van der Waals surface area contributed by atoms with Gasteiger partial charge in [-0.2, -0.15) is 4.31 Å². The molecule has 4 aromatic rings. The molecule has 0 saturated carbocycles. The van der Waals surface area contributed by atoms with Gasteiger partial charge in [0.05, 0.1) is 25.1 Å². The Hall–Kier alpha value is -3.92. The van der Waals surface area contributed by atoms with Crippen LogP contribution in [0.3, 0.4) is 0 Å². The Morgan fingerprint density at radius 2 is 1.56 bits per heavy atom. The molecule has 0 bridgehead atoms. The van der Waals surface area contributed by atoms with Gasteiger partial charge in [0, 0.05) is 86.7 Å². The number of morpholine rings is 1. The Balaban J connectivity index is 1.17. The van der Waals surface area contributed by atoms with Gasteiger partial charge in [-0.3, -0.25) is 19.1 Å². The van der Waals surface area contributed by atoms with Gasteiger partial charge >= 0.3 is 0 Å². The molecular formula is C34H36Cl2N8O5S. The number of hydrogen-bond donors (Lipinski definition) is 0. The van der Waals surface area contributed by atoms with Crippen molar-refractivity contribution in [1.29, 1.82) is 0 Å². The number of carbonyl (C=O) groups excluding carboxylic acids is 2. The summed E-state index contributed by atoms with van der Waals surface area (Å²) in [6, 6.07) is 12.4. The molecule has 2 fully saturated rings. The average Bonchev–Trinajstić information content (AvgIpc) is 3.65. The van der Waals surface area contributed by atoms with Crippen LogP contribution in [0.4, 0.5) is 11.6 Å². The molecule has 16 heteroatoms. The van der Waals surface area contributed by atoms with Gasteiger partial charge in [-0.1, -0.05) is 47.5 Å². The highest BCUT2D eigenvalue weighted by molar-refractivity contribution is 7.89. The van der Waals surface area contributed by atoms with E-state index in [1.54, 1.807) is 42.4 Å². The van der Waals surface area contributed by atoms with E-state index < -0.39 is 15.6 Å². The number of aromatic nitrogens is 4. The largest absolute Gasteiger partial charge is 0.379 e. The molecule has 50 heavy (non-hydrogen) atoms. The molecule has 0 aliphatic carbocycles. The Morgan fingerprint density at radius 1 is 0.900 bits per heavy atom. The highest BCUT2D eigenvalue weighted by Crippen LogP contribution is 2.45. The van der Waals surface area contributed by atoms with E-state index in [0.29, 0.717) is 41.9 Å². The van der Waals surface area contributed by atoms with Gasteiger partial charge in [0.2, 0.25) is 11.9 Å². The fourth-order valence-electron chi connectivity index (χ4n) is 6.82. The number of nitrogens with zero attached hydrogens (tertiary/aromatic N) is 8. The van der Waals surface area contributed by atoms with Crippen molar-refractivity contribution in [2.75, 3.05) is 63.9 Å². The zero-order valence-electron chi connectivity index (χ0n) is 27.4. The molecule has 2 aromatic carbocycles. The fourth-order valence-corrected chi connectivity index (χ4v) is 8.94. The number of halogens is 2. The van der Waals surface area contributed by atoms with Gasteiger partial charge in [0.25, 0.3) is 15.9 Å². The maximum absolute atomic E-state index is 14.5. The lowest BCUT2D eigenvalue weighted by atomic mass is 9.91. The number of benzene rings is 2. The summed E-state index contributed by atoms with van der Waals surface area (Å²) in [5.41, 5.74) is 1.53. The zero-order valence-corrected chi connectivity index (χ0v) is 29.7. The second-order valence-corrected chi connectivity index (χ2v) is 15.5. The molecular weight excluding hydrogens is 703 g/mol. The zero-order chi connectivity index (χ0) is 35.0. The number of fused-ring (bicyclic) bond motifs is 1. The van der Waals surface area contributed by atoms with Crippen LogP contribution >= 0.6 is 23.2 Å². The Bertz CT molecular complexity index is 1980. The first-order chi connectivity index (χ1) is 24.0. The van der Waals surface area contributed by atoms with Crippen molar-refractivity contribution in [1.82, 2.24) is 33.6 Å². The first-order valence-electron chi connectivity index (χ1n) is 16.4. The number of carbonyl (C=O) groups is 2. The molecule has 0 radical (unpaired) electrons. The van der Waals surface area contributed by atoms with E-state index in [1.165, 1.54) is 26.3 Å². The smallest absolute Gasteiger partial charge is 0.260 e. The minimum atomic E-state index is -4.15. The van der Waals surface area contributed by atoms with Crippen LogP contribution < -0.4 is 4.90 Å². The van der Waals surface area contributed by atoms with Crippen LogP contribution in [0.1, 0.15) is 18.9 Å². The maximum Gasteiger partial charge on any atom is 0.260 e. The summed E-state index contributed by atoms with van der Waals surface area (Å²) < 4.78 is 37.0. The Kier molecular flexibility index (Phi) is 9.67. The summed E-state index contributed by atoms with van der Waals surface area (Å²) >= 11 is 12.7. The molecule has 0 spiro atoms. The highest BCUT2D eigenvalue weighted by atomic mass is 35.5. The van der Waals surface area contributed by atoms with Gasteiger partial charge in [0.15, 0.2) is 5.03 Å². The van der Waals surface area contributed by atoms with E-state index in [0.717, 1.165) is 29.8 Å². The third-order valence-electron chi connectivity index (χ3n) is 9.51. The molecule has 3 aliphatic heterocycles. The summed E-state index contributed by atoms with van der Waals surface area (Å²) in [5.74, 6) is -0.241. The third-order valence-corrected chi connectivity index (χ3v) is 11.8. The predicted octanol–water partition coefficient (Wildman–Crippen LogP) is 3.84. The number of sulfonamides is 1. The Morgan fingerprint density at radius 3 is 2.22 bits per heavy atom. The molecule has 2 saturated heterocycles. The van der Waals surface area contributed by atoms with Gasteiger partial charge in [0.1, 0.15) is 11.9 Å². The van der Waals surface area contributed by atoms with Crippen molar-refractivity contribution < 1.29 is 22.7 Å². The molecule has 0 N–H and O–H groups in total. The van der Waals surface area contributed by atoms with Crippen molar-refractivity contribution in [3.63, 3.8) is 0 Å². The quantitative estimate of drug-likeness (QED) is 0.251. The lowest BCUT2D eigenvalue weighted by Gasteiger charge is -2.35. The van der Waals surface area contributed by atoms with Crippen molar-refractivity contribution in [3.8, 4) is 11.1 Å². The molecule has 262 valence electrons. The maximum atomic E-state index is 14.5. The third kappa shape index (κ3) is 6.63. The lowest BCUT2D eigenvalue weighted by molar-refractivity contribution is -0.133. The van der Waals surface area contributed by atoms with Crippen molar-refractivity contribution in [2.24, 2.45) is 0 Å². The first-order valence-corrected chi connectivity index (χ1v) is 18.6. The van der Waals surface area contributed by atoms with Gasteiger partial charge in [-0.25, -0.2) is 28.3 Å². The van der Waals surface area contributed by atoms with Crippen molar-refractivity contribution >= 4 is 56.7 Å². The molecule has 3 aliphatic rings. The molecule has 1 unspecified atom stereocenters. The average molecular weight is 740 g/mol. The second kappa shape index (κ2) is 14.0. The number of imidazole rings is 1. The predicted molar refractivity (Wildman–Crippen MR) is 188 cm³/mol. The topological polar surface area (TPSA) is 134 Å². The highest BCUT2D eigenvalue weighted by Gasteiger charge is 2.52. The van der Waals surface area contributed by atoms with E-state index in [1.807, 2.05) is 24.3 Å². The number of ether oxygens (including phenoxy) is 1. The van der Waals surface area contributed by atoms with Crippen LogP contribution in [0.25, 0.3) is 11.1 Å². The number of amides is 2. The van der Waals surface area contributed by atoms with Crippen LogP contribution in [-0.4, -0.2) is 113 Å². The summed E-state index contributed by atoms with van der Waals surface area (Å²) in [4.78, 5) is 45.5. The molecule has 5 heterocycles. The van der Waals surface area contributed by atoms with Crippen molar-refractivity contribution in [2.45, 2.75) is 30.3 Å². The van der Waals surface area contributed by atoms with Gasteiger partial charge < -0.3 is 9.64 Å². The summed E-state index contributed by atoms with van der Waals surface area (Å²) in [7, 11) is -4.15. The van der Waals surface area contributed by atoms with Crippen LogP contribution in [0, 0.1) is 0 Å². The lowest BCUT2D eigenvalue weighted by Crippen LogP contribution is -2.51. The van der Waals surface area contributed by atoms with Crippen LogP contribution in [-0.2, 0) is 36.3 Å².